The van der Waals surface area contributed by atoms with E-state index in [0.29, 0.717) is 47.2 Å². The standard InChI is InChI=1S/C19H18ClN3O4/c20-14-1-2-15(21-9-14)11-5-13-10-23(3-4-27-18(13)16(24)6-11)19(26)12-7-17(25)22-8-12/h1-2,5-6,9,12,24H,3-4,7-8,10H2,(H,22,25). The summed E-state index contributed by atoms with van der Waals surface area (Å²) in [7, 11) is 0. The lowest BCUT2D eigenvalue weighted by atomic mass is 10.0. The number of hydrogen-bond acceptors (Lipinski definition) is 5. The first-order chi connectivity index (χ1) is 13.0. The van der Waals surface area contributed by atoms with Crippen molar-refractivity contribution in [3.8, 4) is 22.8 Å². The molecule has 0 saturated carbocycles. The molecule has 1 aromatic carbocycles. The highest BCUT2D eigenvalue weighted by molar-refractivity contribution is 6.30. The summed E-state index contributed by atoms with van der Waals surface area (Å²) in [5, 5.41) is 13.6. The van der Waals surface area contributed by atoms with Gasteiger partial charge in [0, 0.05) is 36.8 Å². The number of nitrogens with one attached hydrogen (secondary N) is 1. The second kappa shape index (κ2) is 7.08. The Bertz CT molecular complexity index is 901. The van der Waals surface area contributed by atoms with E-state index < -0.39 is 0 Å². The van der Waals surface area contributed by atoms with Gasteiger partial charge in [-0.2, -0.15) is 0 Å². The number of phenols is 1. The number of hydrogen-bond donors (Lipinski definition) is 2. The van der Waals surface area contributed by atoms with Crippen molar-refractivity contribution in [2.75, 3.05) is 19.7 Å². The minimum absolute atomic E-state index is 0.00580. The van der Waals surface area contributed by atoms with E-state index in [-0.39, 0.29) is 36.5 Å². The van der Waals surface area contributed by atoms with Crippen LogP contribution in [0.2, 0.25) is 5.02 Å². The maximum atomic E-state index is 12.8. The average molecular weight is 388 g/mol. The predicted molar refractivity (Wildman–Crippen MR) is 98.4 cm³/mol. The molecule has 2 aromatic rings. The smallest absolute Gasteiger partial charge is 0.228 e. The first kappa shape index (κ1) is 17.6. The van der Waals surface area contributed by atoms with Gasteiger partial charge < -0.3 is 20.1 Å². The third-order valence-electron chi connectivity index (χ3n) is 4.78. The Morgan fingerprint density at radius 2 is 2.22 bits per heavy atom. The highest BCUT2D eigenvalue weighted by Crippen LogP contribution is 2.37. The third kappa shape index (κ3) is 3.55. The van der Waals surface area contributed by atoms with E-state index in [1.165, 1.54) is 6.20 Å². The van der Waals surface area contributed by atoms with E-state index in [0.717, 1.165) is 0 Å². The molecule has 0 radical (unpaired) electrons. The average Bonchev–Trinajstić information content (AvgIpc) is 2.96. The summed E-state index contributed by atoms with van der Waals surface area (Å²) in [6.45, 7) is 1.33. The van der Waals surface area contributed by atoms with Crippen LogP contribution < -0.4 is 10.1 Å². The third-order valence-corrected chi connectivity index (χ3v) is 5.00. The van der Waals surface area contributed by atoms with Crippen LogP contribution in [0, 0.1) is 5.92 Å². The molecular formula is C19H18ClN3O4. The van der Waals surface area contributed by atoms with Crippen LogP contribution >= 0.6 is 11.6 Å². The van der Waals surface area contributed by atoms with E-state index in [1.54, 1.807) is 23.1 Å². The van der Waals surface area contributed by atoms with E-state index >= 15 is 0 Å². The van der Waals surface area contributed by atoms with Gasteiger partial charge in [0.25, 0.3) is 0 Å². The molecule has 3 heterocycles. The van der Waals surface area contributed by atoms with Gasteiger partial charge in [-0.05, 0) is 24.3 Å². The number of rotatable bonds is 2. The van der Waals surface area contributed by atoms with Crippen molar-refractivity contribution in [3.63, 3.8) is 0 Å². The zero-order valence-corrected chi connectivity index (χ0v) is 15.2. The number of halogens is 1. The number of carbonyl (C=O) groups is 2. The van der Waals surface area contributed by atoms with E-state index in [4.69, 9.17) is 16.3 Å². The van der Waals surface area contributed by atoms with Crippen LogP contribution in [0.1, 0.15) is 12.0 Å². The Morgan fingerprint density at radius 1 is 1.37 bits per heavy atom. The second-order valence-electron chi connectivity index (χ2n) is 6.66. The number of carbonyl (C=O) groups excluding carboxylic acids is 2. The van der Waals surface area contributed by atoms with Crippen molar-refractivity contribution in [1.82, 2.24) is 15.2 Å². The molecule has 2 aliphatic heterocycles. The molecule has 1 fully saturated rings. The Labute approximate surface area is 160 Å². The molecule has 7 nitrogen and oxygen atoms in total. The molecule has 0 spiro atoms. The van der Waals surface area contributed by atoms with Crippen molar-refractivity contribution >= 4 is 23.4 Å². The van der Waals surface area contributed by atoms with E-state index in [9.17, 15) is 14.7 Å². The van der Waals surface area contributed by atoms with Gasteiger partial charge in [-0.15, -0.1) is 0 Å². The molecule has 2 aliphatic rings. The van der Waals surface area contributed by atoms with Gasteiger partial charge in [-0.25, -0.2) is 0 Å². The Morgan fingerprint density at radius 3 is 2.93 bits per heavy atom. The van der Waals surface area contributed by atoms with Gasteiger partial charge in [0.15, 0.2) is 11.5 Å². The fourth-order valence-corrected chi connectivity index (χ4v) is 3.53. The summed E-state index contributed by atoms with van der Waals surface area (Å²) in [6.07, 6.45) is 1.75. The van der Waals surface area contributed by atoms with Crippen molar-refractivity contribution in [1.29, 1.82) is 0 Å². The fourth-order valence-electron chi connectivity index (χ4n) is 3.42. The highest BCUT2D eigenvalue weighted by atomic mass is 35.5. The topological polar surface area (TPSA) is 91.8 Å². The van der Waals surface area contributed by atoms with Crippen LogP contribution in [0.4, 0.5) is 0 Å². The van der Waals surface area contributed by atoms with Gasteiger partial charge >= 0.3 is 0 Å². The van der Waals surface area contributed by atoms with Crippen molar-refractivity contribution in [3.05, 3.63) is 41.0 Å². The summed E-state index contributed by atoms with van der Waals surface area (Å²) in [5.74, 6) is -0.156. The van der Waals surface area contributed by atoms with Crippen molar-refractivity contribution < 1.29 is 19.4 Å². The highest BCUT2D eigenvalue weighted by Gasteiger charge is 2.33. The number of benzene rings is 1. The number of ether oxygens (including phenoxy) is 1. The van der Waals surface area contributed by atoms with Crippen LogP contribution in [0.25, 0.3) is 11.3 Å². The number of nitrogens with zero attached hydrogens (tertiary/aromatic N) is 2. The SMILES string of the molecule is O=C1CC(C(=O)N2CCOc3c(O)cc(-c4ccc(Cl)cn4)cc3C2)CN1. The lowest BCUT2D eigenvalue weighted by Gasteiger charge is -2.22. The van der Waals surface area contributed by atoms with Gasteiger partial charge in [0.05, 0.1) is 23.2 Å². The molecule has 27 heavy (non-hydrogen) atoms. The molecule has 8 heteroatoms. The first-order valence-corrected chi connectivity index (χ1v) is 9.05. The summed E-state index contributed by atoms with van der Waals surface area (Å²) in [5.41, 5.74) is 2.06. The number of aromatic hydroxyl groups is 1. The number of fused-ring (bicyclic) bond motifs is 1. The Balaban J connectivity index is 1.63. The lowest BCUT2D eigenvalue weighted by molar-refractivity contribution is -0.136. The number of pyridine rings is 1. The van der Waals surface area contributed by atoms with Gasteiger partial charge in [0.1, 0.15) is 6.61 Å². The molecule has 140 valence electrons. The molecule has 4 rings (SSSR count). The van der Waals surface area contributed by atoms with Crippen LogP contribution in [-0.2, 0) is 16.1 Å². The minimum atomic E-state index is -0.353. The number of aromatic nitrogens is 1. The Kier molecular flexibility index (Phi) is 4.61. The Hall–Kier alpha value is -2.80. The van der Waals surface area contributed by atoms with Crippen LogP contribution in [0.3, 0.4) is 0 Å². The summed E-state index contributed by atoms with van der Waals surface area (Å²) >= 11 is 5.89. The normalized spacial score (nSPS) is 19.1. The molecule has 0 bridgehead atoms. The molecule has 2 N–H and O–H groups in total. The second-order valence-corrected chi connectivity index (χ2v) is 7.10. The molecule has 1 saturated heterocycles. The lowest BCUT2D eigenvalue weighted by Crippen LogP contribution is -2.37. The zero-order chi connectivity index (χ0) is 19.0. The predicted octanol–water partition coefficient (Wildman–Crippen LogP) is 1.96. The monoisotopic (exact) mass is 387 g/mol. The van der Waals surface area contributed by atoms with Gasteiger partial charge in [-0.3, -0.25) is 14.6 Å². The molecule has 0 aliphatic carbocycles. The molecule has 1 atom stereocenters. The maximum Gasteiger partial charge on any atom is 0.228 e. The van der Waals surface area contributed by atoms with Crippen LogP contribution in [0.15, 0.2) is 30.5 Å². The van der Waals surface area contributed by atoms with Gasteiger partial charge in [0.2, 0.25) is 11.8 Å². The van der Waals surface area contributed by atoms with Crippen LogP contribution in [-0.4, -0.2) is 46.5 Å². The molecule has 1 aromatic heterocycles. The summed E-state index contributed by atoms with van der Waals surface area (Å²) in [4.78, 5) is 30.1. The largest absolute Gasteiger partial charge is 0.504 e. The fraction of sp³-hybridized carbons (Fsp3) is 0.316. The van der Waals surface area contributed by atoms with Crippen molar-refractivity contribution in [2.24, 2.45) is 5.92 Å². The number of phenolic OH excluding ortho intramolecular Hbond substituents is 1. The zero-order valence-electron chi connectivity index (χ0n) is 14.4. The summed E-state index contributed by atoms with van der Waals surface area (Å²) < 4.78 is 5.69. The minimum Gasteiger partial charge on any atom is -0.504 e. The van der Waals surface area contributed by atoms with Crippen molar-refractivity contribution in [2.45, 2.75) is 13.0 Å². The summed E-state index contributed by atoms with van der Waals surface area (Å²) in [6, 6.07) is 6.93. The van der Waals surface area contributed by atoms with Gasteiger partial charge in [-0.1, -0.05) is 11.6 Å². The number of amides is 2. The molecule has 2 amide bonds. The quantitative estimate of drug-likeness (QED) is 0.822. The maximum absolute atomic E-state index is 12.8. The first-order valence-electron chi connectivity index (χ1n) is 8.67. The molecule has 1 unspecified atom stereocenters. The van der Waals surface area contributed by atoms with E-state index in [2.05, 4.69) is 10.3 Å². The molecular weight excluding hydrogens is 370 g/mol. The van der Waals surface area contributed by atoms with E-state index in [1.807, 2.05) is 6.07 Å². The van der Waals surface area contributed by atoms with Crippen LogP contribution in [0.5, 0.6) is 11.5 Å².